The van der Waals surface area contributed by atoms with Crippen LogP contribution in [0.15, 0.2) is 83.7 Å². The largest absolute Gasteiger partial charge is 0.573 e. The Morgan fingerprint density at radius 3 is 2.51 bits per heavy atom. The molecule has 4 aromatic rings. The molecule has 1 fully saturated rings. The second-order valence-corrected chi connectivity index (χ2v) is 11.8. The SMILES string of the molecule is CCCc1ccc(C)cc1N1CCS/C1=N\C(O)N/C(C)=C(\C)c1ccc(-c2ncn(-c3ccc(OC(F)(F)F)cc3)n2)cc1. The van der Waals surface area contributed by atoms with E-state index in [9.17, 15) is 18.3 Å². The van der Waals surface area contributed by atoms with Crippen LogP contribution in [0.1, 0.15) is 43.9 Å². The van der Waals surface area contributed by atoms with Gasteiger partial charge in [0, 0.05) is 29.2 Å². The third kappa shape index (κ3) is 8.06. The zero-order chi connectivity index (χ0) is 32.1. The van der Waals surface area contributed by atoms with Crippen LogP contribution in [-0.4, -0.2) is 50.1 Å². The van der Waals surface area contributed by atoms with Crippen LogP contribution in [0, 0.1) is 6.92 Å². The number of ether oxygens (including phenoxy) is 1. The molecule has 1 aromatic heterocycles. The van der Waals surface area contributed by atoms with Crippen molar-refractivity contribution in [1.82, 2.24) is 20.1 Å². The highest BCUT2D eigenvalue weighted by Gasteiger charge is 2.31. The number of hydrogen-bond donors (Lipinski definition) is 2. The number of allylic oxidation sites excluding steroid dienone is 2. The summed E-state index contributed by atoms with van der Waals surface area (Å²) in [6.07, 6.45) is -2.32. The van der Waals surface area contributed by atoms with Crippen LogP contribution in [0.25, 0.3) is 22.6 Å². The lowest BCUT2D eigenvalue weighted by Crippen LogP contribution is -2.31. The number of aryl methyl sites for hydroxylation is 2. The number of benzene rings is 3. The molecule has 45 heavy (non-hydrogen) atoms. The maximum absolute atomic E-state index is 12.4. The molecule has 2 N–H and O–H groups in total. The van der Waals surface area contributed by atoms with E-state index >= 15 is 0 Å². The third-order valence-electron chi connectivity index (χ3n) is 7.37. The normalized spacial score (nSPS) is 15.7. The molecule has 0 spiro atoms. The maximum atomic E-state index is 12.4. The molecule has 236 valence electrons. The fourth-order valence-corrected chi connectivity index (χ4v) is 5.96. The number of halogens is 3. The lowest BCUT2D eigenvalue weighted by Gasteiger charge is -2.23. The van der Waals surface area contributed by atoms with Gasteiger partial charge in [0.15, 0.2) is 11.0 Å². The first-order chi connectivity index (χ1) is 21.5. The average Bonchev–Trinajstić information content (AvgIpc) is 3.68. The van der Waals surface area contributed by atoms with Gasteiger partial charge in [-0.3, -0.25) is 0 Å². The van der Waals surface area contributed by atoms with E-state index in [0.29, 0.717) is 11.5 Å². The quantitative estimate of drug-likeness (QED) is 0.176. The topological polar surface area (TPSA) is 87.8 Å². The highest BCUT2D eigenvalue weighted by molar-refractivity contribution is 8.14. The highest BCUT2D eigenvalue weighted by Crippen LogP contribution is 2.31. The summed E-state index contributed by atoms with van der Waals surface area (Å²) in [5.74, 6) is 1.06. The summed E-state index contributed by atoms with van der Waals surface area (Å²) in [5.41, 5.74) is 7.63. The Balaban J connectivity index is 1.25. The second kappa shape index (κ2) is 13.8. The van der Waals surface area contributed by atoms with Crippen molar-refractivity contribution in [1.29, 1.82) is 0 Å². The summed E-state index contributed by atoms with van der Waals surface area (Å²) in [7, 11) is 0. The zero-order valence-corrected chi connectivity index (χ0v) is 26.3. The van der Waals surface area contributed by atoms with Gasteiger partial charge in [-0.1, -0.05) is 61.5 Å². The van der Waals surface area contributed by atoms with E-state index in [1.165, 1.54) is 46.4 Å². The van der Waals surface area contributed by atoms with Crippen molar-refractivity contribution in [2.75, 3.05) is 17.2 Å². The molecule has 0 amide bonds. The molecule has 0 saturated carbocycles. The summed E-state index contributed by atoms with van der Waals surface area (Å²) in [4.78, 5) is 11.2. The van der Waals surface area contributed by atoms with E-state index in [2.05, 4.69) is 62.1 Å². The minimum atomic E-state index is -4.75. The number of hydrogen-bond acceptors (Lipinski definition) is 7. The summed E-state index contributed by atoms with van der Waals surface area (Å²) < 4.78 is 42.7. The molecule has 1 aliphatic heterocycles. The van der Waals surface area contributed by atoms with E-state index in [1.807, 2.05) is 38.1 Å². The minimum absolute atomic E-state index is 0.307. The predicted molar refractivity (Wildman–Crippen MR) is 173 cm³/mol. The number of amidine groups is 1. The summed E-state index contributed by atoms with van der Waals surface area (Å²) in [6.45, 7) is 8.97. The van der Waals surface area contributed by atoms with E-state index in [0.717, 1.165) is 58.4 Å². The van der Waals surface area contributed by atoms with Gasteiger partial charge in [0.25, 0.3) is 0 Å². The van der Waals surface area contributed by atoms with Crippen LogP contribution in [0.4, 0.5) is 18.9 Å². The minimum Gasteiger partial charge on any atom is -0.406 e. The smallest absolute Gasteiger partial charge is 0.406 e. The first kappa shape index (κ1) is 32.1. The number of aromatic nitrogens is 3. The Morgan fingerprint density at radius 2 is 1.82 bits per heavy atom. The van der Waals surface area contributed by atoms with Gasteiger partial charge >= 0.3 is 6.36 Å². The first-order valence-corrected chi connectivity index (χ1v) is 15.6. The molecule has 0 bridgehead atoms. The molecular formula is C33H35F3N6O2S. The number of anilines is 1. The molecule has 0 aliphatic carbocycles. The van der Waals surface area contributed by atoms with Crippen molar-refractivity contribution in [3.05, 3.63) is 95.4 Å². The first-order valence-electron chi connectivity index (χ1n) is 14.6. The van der Waals surface area contributed by atoms with Crippen molar-refractivity contribution in [2.45, 2.75) is 53.3 Å². The van der Waals surface area contributed by atoms with Gasteiger partial charge in [-0.2, -0.15) is 0 Å². The van der Waals surface area contributed by atoms with Crippen LogP contribution in [-0.2, 0) is 6.42 Å². The Kier molecular flexibility index (Phi) is 9.83. The van der Waals surface area contributed by atoms with Crippen molar-refractivity contribution >= 4 is 28.2 Å². The second-order valence-electron chi connectivity index (χ2n) is 10.7. The fourth-order valence-electron chi connectivity index (χ4n) is 4.98. The van der Waals surface area contributed by atoms with Gasteiger partial charge in [-0.25, -0.2) is 14.7 Å². The highest BCUT2D eigenvalue weighted by atomic mass is 32.2. The van der Waals surface area contributed by atoms with Crippen LogP contribution in [0.3, 0.4) is 0 Å². The van der Waals surface area contributed by atoms with Crippen molar-refractivity contribution in [2.24, 2.45) is 4.99 Å². The fraction of sp³-hybridized carbons (Fsp3) is 0.303. The molecule has 8 nitrogen and oxygen atoms in total. The van der Waals surface area contributed by atoms with Crippen LogP contribution in [0.5, 0.6) is 5.75 Å². The molecule has 3 aromatic carbocycles. The summed E-state index contributed by atoms with van der Waals surface area (Å²) in [5, 5.41) is 19.3. The Labute approximate surface area is 264 Å². The third-order valence-corrected chi connectivity index (χ3v) is 8.34. The molecular weight excluding hydrogens is 601 g/mol. The zero-order valence-electron chi connectivity index (χ0n) is 25.5. The number of thioether (sulfide) groups is 1. The molecule has 1 atom stereocenters. The Morgan fingerprint density at radius 1 is 1.09 bits per heavy atom. The number of nitrogens with one attached hydrogen (secondary N) is 1. The Bertz CT molecular complexity index is 1680. The number of rotatable bonds is 10. The monoisotopic (exact) mass is 636 g/mol. The van der Waals surface area contributed by atoms with E-state index in [4.69, 9.17) is 0 Å². The van der Waals surface area contributed by atoms with Crippen LogP contribution >= 0.6 is 11.8 Å². The lowest BCUT2D eigenvalue weighted by molar-refractivity contribution is -0.274. The van der Waals surface area contributed by atoms with E-state index in [1.54, 1.807) is 11.8 Å². The van der Waals surface area contributed by atoms with Crippen LogP contribution < -0.4 is 15.0 Å². The van der Waals surface area contributed by atoms with E-state index in [-0.39, 0.29) is 5.75 Å². The average molecular weight is 637 g/mol. The van der Waals surface area contributed by atoms with E-state index < -0.39 is 12.7 Å². The van der Waals surface area contributed by atoms with Gasteiger partial charge in [0.05, 0.1) is 5.69 Å². The van der Waals surface area contributed by atoms with Gasteiger partial charge in [0.2, 0.25) is 6.35 Å². The summed E-state index contributed by atoms with van der Waals surface area (Å²) >= 11 is 1.64. The number of aliphatic hydroxyl groups is 1. The van der Waals surface area contributed by atoms with Gasteiger partial charge < -0.3 is 20.1 Å². The van der Waals surface area contributed by atoms with Crippen LogP contribution in [0.2, 0.25) is 0 Å². The molecule has 12 heteroatoms. The maximum Gasteiger partial charge on any atom is 0.573 e. The molecule has 1 unspecified atom stereocenters. The van der Waals surface area contributed by atoms with Gasteiger partial charge in [-0.05, 0) is 79.8 Å². The standard InChI is InChI=1S/C33H35F3N6O2S/c1-5-6-25-8-7-21(2)19-29(25)41-17-18-45-32(41)39-31(43)38-23(4)22(3)24-9-11-26(12-10-24)30-37-20-42(40-30)27-13-15-28(16-14-27)44-33(34,35)36/h7-16,19-20,31,38,43H,5-6,17-18H2,1-4H3/b23-22+,39-32-. The predicted octanol–water partition coefficient (Wildman–Crippen LogP) is 7.32. The molecule has 0 radical (unpaired) electrons. The number of aliphatic hydroxyl groups excluding tert-OH is 1. The molecule has 5 rings (SSSR count). The molecule has 1 saturated heterocycles. The van der Waals surface area contributed by atoms with Crippen molar-refractivity contribution < 1.29 is 23.0 Å². The lowest BCUT2D eigenvalue weighted by atomic mass is 10.0. The van der Waals surface area contributed by atoms with Gasteiger partial charge in [0.1, 0.15) is 12.1 Å². The van der Waals surface area contributed by atoms with Crippen molar-refractivity contribution in [3.63, 3.8) is 0 Å². The molecule has 1 aliphatic rings. The molecule has 2 heterocycles. The summed E-state index contributed by atoms with van der Waals surface area (Å²) in [6, 6.07) is 19.6. The van der Waals surface area contributed by atoms with Gasteiger partial charge in [-0.15, -0.1) is 18.3 Å². The number of aliphatic imine (C=N–C) groups is 1. The number of alkyl halides is 3. The number of nitrogens with zero attached hydrogens (tertiary/aromatic N) is 5. The van der Waals surface area contributed by atoms with Crippen molar-refractivity contribution in [3.8, 4) is 22.8 Å². The Hall–Kier alpha value is -4.29.